The standard InChI is InChI=1S/C12H21NO3S/c1-12(2,3)17-8-10(14)13-6-4-5-9(7-13)11(15)16/h9H,4-8H2,1-3H3,(H,15,16)/t9-/m0/s1. The molecule has 0 bridgehead atoms. The molecule has 1 fully saturated rings. The Balaban J connectivity index is 2.44. The minimum atomic E-state index is -0.786. The molecule has 5 heteroatoms. The fraction of sp³-hybridized carbons (Fsp3) is 0.833. The first-order valence-corrected chi connectivity index (χ1v) is 6.93. The second-order valence-electron chi connectivity index (χ2n) is 5.42. The average Bonchev–Trinajstić information content (AvgIpc) is 2.25. The highest BCUT2D eigenvalue weighted by atomic mass is 32.2. The normalized spacial score (nSPS) is 21.4. The van der Waals surface area contributed by atoms with Gasteiger partial charge in [0.25, 0.3) is 0 Å². The van der Waals surface area contributed by atoms with E-state index in [4.69, 9.17) is 5.11 Å². The van der Waals surface area contributed by atoms with Gasteiger partial charge >= 0.3 is 5.97 Å². The van der Waals surface area contributed by atoms with Gasteiger partial charge in [0.1, 0.15) is 0 Å². The molecular weight excluding hydrogens is 238 g/mol. The van der Waals surface area contributed by atoms with Crippen molar-refractivity contribution in [2.45, 2.75) is 38.4 Å². The molecule has 4 nitrogen and oxygen atoms in total. The van der Waals surface area contributed by atoms with Crippen molar-refractivity contribution < 1.29 is 14.7 Å². The van der Waals surface area contributed by atoms with Crippen molar-refractivity contribution in [2.24, 2.45) is 5.92 Å². The van der Waals surface area contributed by atoms with Crippen LogP contribution in [0.3, 0.4) is 0 Å². The van der Waals surface area contributed by atoms with Gasteiger partial charge in [-0.3, -0.25) is 9.59 Å². The van der Waals surface area contributed by atoms with Gasteiger partial charge in [0.2, 0.25) is 5.91 Å². The Morgan fingerprint density at radius 1 is 1.41 bits per heavy atom. The fourth-order valence-corrected chi connectivity index (χ4v) is 2.51. The molecule has 1 atom stereocenters. The Morgan fingerprint density at radius 3 is 2.59 bits per heavy atom. The van der Waals surface area contributed by atoms with Crippen molar-refractivity contribution in [3.8, 4) is 0 Å². The topological polar surface area (TPSA) is 57.6 Å². The molecule has 1 amide bonds. The van der Waals surface area contributed by atoms with Crippen LogP contribution in [0.5, 0.6) is 0 Å². The number of carboxylic acids is 1. The van der Waals surface area contributed by atoms with Gasteiger partial charge in [-0.05, 0) is 12.8 Å². The molecule has 98 valence electrons. The number of hydrogen-bond donors (Lipinski definition) is 1. The maximum absolute atomic E-state index is 11.9. The molecule has 0 aromatic rings. The van der Waals surface area contributed by atoms with E-state index < -0.39 is 5.97 Å². The van der Waals surface area contributed by atoms with Crippen molar-refractivity contribution >= 4 is 23.6 Å². The van der Waals surface area contributed by atoms with Gasteiger partial charge in [-0.15, -0.1) is 11.8 Å². The number of likely N-dealkylation sites (tertiary alicyclic amines) is 1. The molecule has 0 aromatic heterocycles. The van der Waals surface area contributed by atoms with E-state index in [1.165, 1.54) is 0 Å². The Labute approximate surface area is 107 Å². The van der Waals surface area contributed by atoms with Gasteiger partial charge in [-0.1, -0.05) is 20.8 Å². The van der Waals surface area contributed by atoms with Gasteiger partial charge in [0.15, 0.2) is 0 Å². The van der Waals surface area contributed by atoms with Crippen molar-refractivity contribution in [3.63, 3.8) is 0 Å². The molecule has 17 heavy (non-hydrogen) atoms. The van der Waals surface area contributed by atoms with Crippen LogP contribution in [0.25, 0.3) is 0 Å². The first-order chi connectivity index (χ1) is 7.79. The zero-order chi connectivity index (χ0) is 13.1. The van der Waals surface area contributed by atoms with Crippen LogP contribution in [-0.2, 0) is 9.59 Å². The summed E-state index contributed by atoms with van der Waals surface area (Å²) in [5.41, 5.74) is 0. The molecule has 1 rings (SSSR count). The fourth-order valence-electron chi connectivity index (χ4n) is 1.77. The van der Waals surface area contributed by atoms with Gasteiger partial charge in [-0.25, -0.2) is 0 Å². The summed E-state index contributed by atoms with van der Waals surface area (Å²) in [5.74, 6) is -0.662. The number of piperidine rings is 1. The second-order valence-corrected chi connectivity index (χ2v) is 7.22. The number of aliphatic carboxylic acids is 1. The van der Waals surface area contributed by atoms with E-state index in [1.807, 2.05) is 0 Å². The predicted molar refractivity (Wildman–Crippen MR) is 69.2 cm³/mol. The summed E-state index contributed by atoms with van der Waals surface area (Å²) >= 11 is 1.61. The molecular formula is C12H21NO3S. The summed E-state index contributed by atoms with van der Waals surface area (Å²) in [4.78, 5) is 24.5. The number of carboxylic acid groups (broad SMARTS) is 1. The van der Waals surface area contributed by atoms with Crippen LogP contribution in [0.1, 0.15) is 33.6 Å². The molecule has 0 saturated carbocycles. The number of thioether (sulfide) groups is 1. The molecule has 1 heterocycles. The van der Waals surface area contributed by atoms with E-state index in [-0.39, 0.29) is 16.6 Å². The number of hydrogen-bond acceptors (Lipinski definition) is 3. The SMILES string of the molecule is CC(C)(C)SCC(=O)N1CCC[C@H](C(=O)O)C1. The van der Waals surface area contributed by atoms with E-state index in [0.717, 1.165) is 6.42 Å². The van der Waals surface area contributed by atoms with E-state index in [0.29, 0.717) is 25.3 Å². The first kappa shape index (κ1) is 14.4. The van der Waals surface area contributed by atoms with Crippen LogP contribution in [0.4, 0.5) is 0 Å². The lowest BCUT2D eigenvalue weighted by Crippen LogP contribution is -2.43. The summed E-state index contributed by atoms with van der Waals surface area (Å²) < 4.78 is 0.0671. The third-order valence-electron chi connectivity index (χ3n) is 2.75. The number of carbonyl (C=O) groups excluding carboxylic acids is 1. The summed E-state index contributed by atoms with van der Waals surface area (Å²) in [7, 11) is 0. The quantitative estimate of drug-likeness (QED) is 0.840. The lowest BCUT2D eigenvalue weighted by atomic mass is 9.98. The first-order valence-electron chi connectivity index (χ1n) is 5.94. The van der Waals surface area contributed by atoms with Crippen molar-refractivity contribution in [3.05, 3.63) is 0 Å². The largest absolute Gasteiger partial charge is 0.481 e. The summed E-state index contributed by atoms with van der Waals surface area (Å²) in [6, 6.07) is 0. The smallest absolute Gasteiger partial charge is 0.308 e. The third-order valence-corrected chi connectivity index (χ3v) is 4.01. The van der Waals surface area contributed by atoms with Gasteiger partial charge in [-0.2, -0.15) is 0 Å². The Bertz CT molecular complexity index is 299. The van der Waals surface area contributed by atoms with Crippen LogP contribution in [0.2, 0.25) is 0 Å². The molecule has 0 radical (unpaired) electrons. The number of nitrogens with zero attached hydrogens (tertiary/aromatic N) is 1. The van der Waals surface area contributed by atoms with Gasteiger partial charge < -0.3 is 10.0 Å². The highest BCUT2D eigenvalue weighted by Gasteiger charge is 2.28. The lowest BCUT2D eigenvalue weighted by molar-refractivity contribution is -0.145. The predicted octanol–water partition coefficient (Wildman–Crippen LogP) is 1.84. The summed E-state index contributed by atoms with van der Waals surface area (Å²) in [5, 5.41) is 8.95. The minimum Gasteiger partial charge on any atom is -0.481 e. The highest BCUT2D eigenvalue weighted by Crippen LogP contribution is 2.24. The van der Waals surface area contributed by atoms with E-state index in [9.17, 15) is 9.59 Å². The van der Waals surface area contributed by atoms with Crippen LogP contribution in [-0.4, -0.2) is 45.5 Å². The lowest BCUT2D eigenvalue weighted by Gasteiger charge is -2.31. The van der Waals surface area contributed by atoms with Crippen molar-refractivity contribution in [1.29, 1.82) is 0 Å². The summed E-state index contributed by atoms with van der Waals surface area (Å²) in [6.07, 6.45) is 1.48. The van der Waals surface area contributed by atoms with Crippen molar-refractivity contribution in [1.82, 2.24) is 4.90 Å². The average molecular weight is 259 g/mol. The molecule has 0 aliphatic carbocycles. The number of amides is 1. The van der Waals surface area contributed by atoms with Gasteiger partial charge in [0.05, 0.1) is 11.7 Å². The maximum atomic E-state index is 11.9. The van der Waals surface area contributed by atoms with Gasteiger partial charge in [0, 0.05) is 17.8 Å². The Hall–Kier alpha value is -0.710. The second kappa shape index (κ2) is 5.76. The molecule has 0 unspecified atom stereocenters. The molecule has 1 saturated heterocycles. The molecule has 0 spiro atoms. The maximum Gasteiger partial charge on any atom is 0.308 e. The van der Waals surface area contributed by atoms with Crippen molar-refractivity contribution in [2.75, 3.05) is 18.8 Å². The zero-order valence-electron chi connectivity index (χ0n) is 10.7. The Kier molecular flexibility index (Phi) is 4.86. The van der Waals surface area contributed by atoms with E-state index in [2.05, 4.69) is 20.8 Å². The van der Waals surface area contributed by atoms with E-state index in [1.54, 1.807) is 16.7 Å². The van der Waals surface area contributed by atoms with Crippen LogP contribution >= 0.6 is 11.8 Å². The minimum absolute atomic E-state index is 0.0656. The zero-order valence-corrected chi connectivity index (χ0v) is 11.5. The molecule has 1 aliphatic rings. The highest BCUT2D eigenvalue weighted by molar-refractivity contribution is 8.01. The summed E-state index contributed by atoms with van der Waals surface area (Å²) in [6.45, 7) is 7.29. The Morgan fingerprint density at radius 2 is 2.06 bits per heavy atom. The van der Waals surface area contributed by atoms with Crippen LogP contribution in [0.15, 0.2) is 0 Å². The van der Waals surface area contributed by atoms with Crippen LogP contribution in [0, 0.1) is 5.92 Å². The van der Waals surface area contributed by atoms with E-state index >= 15 is 0 Å². The third kappa shape index (κ3) is 4.98. The number of rotatable bonds is 3. The molecule has 1 aliphatic heterocycles. The van der Waals surface area contributed by atoms with Crippen LogP contribution < -0.4 is 0 Å². The number of carbonyl (C=O) groups is 2. The molecule has 1 N–H and O–H groups in total. The monoisotopic (exact) mass is 259 g/mol. The molecule has 0 aromatic carbocycles.